The van der Waals surface area contributed by atoms with Gasteiger partial charge in [0, 0.05) is 24.5 Å². The molecule has 24 heavy (non-hydrogen) atoms. The van der Waals surface area contributed by atoms with Crippen LogP contribution in [0.15, 0.2) is 48.8 Å². The lowest BCUT2D eigenvalue weighted by Crippen LogP contribution is -1.98. The zero-order chi connectivity index (χ0) is 16.9. The maximum Gasteiger partial charge on any atom is 0.206 e. The molecule has 0 aliphatic heterocycles. The lowest BCUT2D eigenvalue weighted by molar-refractivity contribution is 0.101. The van der Waals surface area contributed by atoms with Crippen LogP contribution in [0.2, 0.25) is 0 Å². The van der Waals surface area contributed by atoms with E-state index in [1.165, 1.54) is 0 Å². The van der Waals surface area contributed by atoms with E-state index in [9.17, 15) is 9.90 Å². The molecule has 0 saturated carbocycles. The Labute approximate surface area is 138 Å². The number of carbonyl (C=O) groups excluding carboxylic acids is 1. The molecule has 2 heterocycles. The van der Waals surface area contributed by atoms with Crippen LogP contribution in [0.5, 0.6) is 0 Å². The molecule has 0 amide bonds. The first kappa shape index (κ1) is 15.8. The van der Waals surface area contributed by atoms with Crippen LogP contribution in [0.1, 0.15) is 40.3 Å². The molecular formula is C17H17N5O2. The molecular weight excluding hydrogens is 306 g/mol. The Morgan fingerprint density at radius 1 is 1.33 bits per heavy atom. The Bertz CT molecular complexity index is 834. The van der Waals surface area contributed by atoms with Crippen molar-refractivity contribution in [2.45, 2.75) is 19.6 Å². The molecule has 1 unspecified atom stereocenters. The summed E-state index contributed by atoms with van der Waals surface area (Å²) in [7, 11) is 0. The van der Waals surface area contributed by atoms with Crippen molar-refractivity contribution in [3.63, 3.8) is 0 Å². The molecule has 0 bridgehead atoms. The van der Waals surface area contributed by atoms with Crippen molar-refractivity contribution in [1.82, 2.24) is 25.2 Å². The summed E-state index contributed by atoms with van der Waals surface area (Å²) in [6.45, 7) is 2.27. The van der Waals surface area contributed by atoms with Crippen molar-refractivity contribution in [3.8, 4) is 0 Å². The second-order valence-corrected chi connectivity index (χ2v) is 5.44. The van der Waals surface area contributed by atoms with Crippen molar-refractivity contribution in [1.29, 1.82) is 0 Å². The highest BCUT2D eigenvalue weighted by Gasteiger charge is 2.07. The maximum atomic E-state index is 11.3. The molecule has 3 aromatic rings. The van der Waals surface area contributed by atoms with Crippen molar-refractivity contribution < 1.29 is 9.90 Å². The number of hydrogen-bond donors (Lipinski definition) is 2. The molecule has 0 fully saturated rings. The van der Waals surface area contributed by atoms with Gasteiger partial charge < -0.3 is 9.67 Å². The van der Waals surface area contributed by atoms with Gasteiger partial charge in [0.1, 0.15) is 6.10 Å². The average molecular weight is 323 g/mol. The highest BCUT2D eigenvalue weighted by molar-refractivity contribution is 5.93. The molecule has 7 nitrogen and oxygen atoms in total. The number of nitrogens with zero attached hydrogens (tertiary/aromatic N) is 4. The standard InChI is InChI=1S/C17H17N5O2/c1-12(23)15-5-2-13(3-6-15)10-22-9-8-14(11-22)4-7-16(24)17-18-20-21-19-17/h2-9,11,16,24H,10H2,1H3,(H,18,19,20,21). The summed E-state index contributed by atoms with van der Waals surface area (Å²) < 4.78 is 2.03. The van der Waals surface area contributed by atoms with Crippen LogP contribution in [-0.4, -0.2) is 36.1 Å². The third-order valence-electron chi connectivity index (χ3n) is 3.60. The molecule has 2 N–H and O–H groups in total. The third kappa shape index (κ3) is 3.82. The van der Waals surface area contributed by atoms with Crippen molar-refractivity contribution >= 4 is 11.9 Å². The van der Waals surface area contributed by atoms with Gasteiger partial charge in [-0.3, -0.25) is 4.79 Å². The van der Waals surface area contributed by atoms with Gasteiger partial charge in [0.25, 0.3) is 0 Å². The van der Waals surface area contributed by atoms with E-state index in [2.05, 4.69) is 20.6 Å². The van der Waals surface area contributed by atoms with E-state index in [-0.39, 0.29) is 11.6 Å². The first-order valence-electron chi connectivity index (χ1n) is 7.47. The zero-order valence-electron chi connectivity index (χ0n) is 13.1. The van der Waals surface area contributed by atoms with Crippen molar-refractivity contribution in [2.75, 3.05) is 0 Å². The van der Waals surface area contributed by atoms with E-state index in [0.717, 1.165) is 11.1 Å². The summed E-state index contributed by atoms with van der Waals surface area (Å²) >= 11 is 0. The van der Waals surface area contributed by atoms with Crippen LogP contribution < -0.4 is 0 Å². The van der Waals surface area contributed by atoms with Crippen LogP contribution in [0.25, 0.3) is 6.08 Å². The van der Waals surface area contributed by atoms with E-state index < -0.39 is 6.10 Å². The Morgan fingerprint density at radius 3 is 2.79 bits per heavy atom. The van der Waals surface area contributed by atoms with Gasteiger partial charge in [-0.1, -0.05) is 35.6 Å². The molecule has 3 rings (SSSR count). The van der Waals surface area contributed by atoms with Crippen LogP contribution in [0.4, 0.5) is 0 Å². The van der Waals surface area contributed by atoms with Gasteiger partial charge in [-0.2, -0.15) is 5.21 Å². The number of tetrazole rings is 1. The van der Waals surface area contributed by atoms with Crippen LogP contribution >= 0.6 is 0 Å². The Morgan fingerprint density at radius 2 is 2.12 bits per heavy atom. The molecule has 122 valence electrons. The molecule has 1 atom stereocenters. The molecule has 0 aliphatic carbocycles. The largest absolute Gasteiger partial charge is 0.381 e. The summed E-state index contributed by atoms with van der Waals surface area (Å²) in [5.41, 5.74) is 2.78. The van der Waals surface area contributed by atoms with Gasteiger partial charge in [-0.05, 0) is 30.2 Å². The average Bonchev–Trinajstić information content (AvgIpc) is 3.25. The van der Waals surface area contributed by atoms with Crippen LogP contribution in [-0.2, 0) is 6.54 Å². The SMILES string of the molecule is CC(=O)c1ccc(Cn2ccc(C=CC(O)c3nn[nH]n3)c2)cc1. The molecule has 2 aromatic heterocycles. The summed E-state index contributed by atoms with van der Waals surface area (Å²) in [6, 6.07) is 9.52. The Kier molecular flexibility index (Phi) is 4.62. The monoisotopic (exact) mass is 323 g/mol. The molecule has 0 radical (unpaired) electrons. The fraction of sp³-hybridized carbons (Fsp3) is 0.176. The van der Waals surface area contributed by atoms with Gasteiger partial charge >= 0.3 is 0 Å². The van der Waals surface area contributed by atoms with Gasteiger partial charge in [-0.15, -0.1) is 10.2 Å². The maximum absolute atomic E-state index is 11.3. The summed E-state index contributed by atoms with van der Waals surface area (Å²) in [4.78, 5) is 11.3. The predicted molar refractivity (Wildman–Crippen MR) is 88.2 cm³/mol. The minimum Gasteiger partial charge on any atom is -0.381 e. The molecule has 0 aliphatic rings. The number of carbonyl (C=O) groups is 1. The fourth-order valence-corrected chi connectivity index (χ4v) is 2.30. The summed E-state index contributed by atoms with van der Waals surface area (Å²) in [6.07, 6.45) is 6.44. The predicted octanol–water partition coefficient (Wildman–Crippen LogP) is 2.00. The van der Waals surface area contributed by atoms with E-state index in [0.29, 0.717) is 12.1 Å². The first-order chi connectivity index (χ1) is 11.6. The second-order valence-electron chi connectivity index (χ2n) is 5.44. The highest BCUT2D eigenvalue weighted by Crippen LogP contribution is 2.13. The summed E-state index contributed by atoms with van der Waals surface area (Å²) in [5, 5.41) is 23.1. The minimum absolute atomic E-state index is 0.0649. The topological polar surface area (TPSA) is 96.7 Å². The number of hydrogen-bond acceptors (Lipinski definition) is 5. The van der Waals surface area contributed by atoms with E-state index >= 15 is 0 Å². The first-order valence-corrected chi connectivity index (χ1v) is 7.47. The van der Waals surface area contributed by atoms with E-state index in [4.69, 9.17) is 0 Å². The van der Waals surface area contributed by atoms with Gasteiger partial charge in [0.15, 0.2) is 5.78 Å². The van der Waals surface area contributed by atoms with Crippen molar-refractivity contribution in [2.24, 2.45) is 0 Å². The molecule has 0 spiro atoms. The fourth-order valence-electron chi connectivity index (χ4n) is 2.30. The molecule has 1 aromatic carbocycles. The quantitative estimate of drug-likeness (QED) is 0.676. The number of aliphatic hydroxyl groups excluding tert-OH is 1. The zero-order valence-corrected chi connectivity index (χ0v) is 13.1. The Balaban J connectivity index is 1.64. The minimum atomic E-state index is -0.897. The number of Topliss-reactive ketones (excluding diaryl/α,β-unsaturated/α-hetero) is 1. The second kappa shape index (κ2) is 7.01. The van der Waals surface area contributed by atoms with Crippen LogP contribution in [0, 0.1) is 0 Å². The number of aliphatic hydroxyl groups is 1. The van der Waals surface area contributed by atoms with E-state index in [1.54, 1.807) is 19.1 Å². The number of H-pyrrole nitrogens is 1. The smallest absolute Gasteiger partial charge is 0.206 e. The number of benzene rings is 1. The number of aromatic nitrogens is 5. The molecule has 7 heteroatoms. The lowest BCUT2D eigenvalue weighted by atomic mass is 10.1. The van der Waals surface area contributed by atoms with Gasteiger partial charge in [0.2, 0.25) is 5.82 Å². The number of nitrogens with one attached hydrogen (secondary N) is 1. The van der Waals surface area contributed by atoms with Crippen LogP contribution in [0.3, 0.4) is 0 Å². The summed E-state index contributed by atoms with van der Waals surface area (Å²) in [5.74, 6) is 0.298. The van der Waals surface area contributed by atoms with Gasteiger partial charge in [-0.25, -0.2) is 0 Å². The molecule has 0 saturated heterocycles. The highest BCUT2D eigenvalue weighted by atomic mass is 16.3. The van der Waals surface area contributed by atoms with Crippen molar-refractivity contribution in [3.05, 3.63) is 71.3 Å². The van der Waals surface area contributed by atoms with E-state index in [1.807, 2.05) is 47.3 Å². The third-order valence-corrected chi connectivity index (χ3v) is 3.60. The van der Waals surface area contributed by atoms with Gasteiger partial charge in [0.05, 0.1) is 0 Å². The number of rotatable bonds is 6. The lowest BCUT2D eigenvalue weighted by Gasteiger charge is -2.04. The number of ketones is 1. The Hall–Kier alpha value is -3.06. The normalized spacial score (nSPS) is 12.6. The number of aromatic amines is 1.